The molecule has 3 atom stereocenters. The fourth-order valence-corrected chi connectivity index (χ4v) is 3.62. The van der Waals surface area contributed by atoms with E-state index in [0.29, 0.717) is 24.2 Å². The summed E-state index contributed by atoms with van der Waals surface area (Å²) in [7, 11) is 0. The zero-order valence-electron chi connectivity index (χ0n) is 20.5. The lowest BCUT2D eigenvalue weighted by Crippen LogP contribution is -2.30. The van der Waals surface area contributed by atoms with Gasteiger partial charge in [0, 0.05) is 0 Å². The van der Waals surface area contributed by atoms with Crippen molar-refractivity contribution in [2.45, 2.75) is 113 Å². The third-order valence-corrected chi connectivity index (χ3v) is 4.55. The predicted octanol–water partition coefficient (Wildman–Crippen LogP) is 5.32. The fraction of sp³-hybridized carbons (Fsp3) is 0.875. The maximum absolute atomic E-state index is 12.7. The van der Waals surface area contributed by atoms with Gasteiger partial charge in [-0.1, -0.05) is 41.5 Å². The van der Waals surface area contributed by atoms with E-state index >= 15 is 0 Å². The molecule has 0 aromatic carbocycles. The van der Waals surface area contributed by atoms with Crippen molar-refractivity contribution in [2.75, 3.05) is 0 Å². The molecule has 0 rings (SSSR count). The van der Waals surface area contributed by atoms with Crippen LogP contribution in [0.25, 0.3) is 0 Å². The summed E-state index contributed by atoms with van der Waals surface area (Å²) in [6, 6.07) is 0. The van der Waals surface area contributed by atoms with Crippen molar-refractivity contribution in [2.24, 2.45) is 23.7 Å². The number of ether oxygens (including phenoxy) is 3. The third-order valence-electron chi connectivity index (χ3n) is 4.55. The summed E-state index contributed by atoms with van der Waals surface area (Å²) in [5.41, 5.74) is 0. The van der Waals surface area contributed by atoms with E-state index in [2.05, 4.69) is 27.7 Å². The molecule has 0 aliphatic heterocycles. The van der Waals surface area contributed by atoms with E-state index in [-0.39, 0.29) is 31.2 Å². The number of rotatable bonds is 14. The number of hydrogen-bond donors (Lipinski definition) is 0. The molecule has 0 fully saturated rings. The molecule has 0 aromatic heterocycles. The van der Waals surface area contributed by atoms with Crippen molar-refractivity contribution in [1.29, 1.82) is 0 Å². The van der Waals surface area contributed by atoms with Crippen LogP contribution in [0.15, 0.2) is 0 Å². The maximum atomic E-state index is 12.7. The van der Waals surface area contributed by atoms with Crippen LogP contribution in [0.3, 0.4) is 0 Å². The van der Waals surface area contributed by atoms with E-state index in [9.17, 15) is 14.4 Å². The van der Waals surface area contributed by atoms with Crippen LogP contribution in [-0.2, 0) is 28.6 Å². The fourth-order valence-electron chi connectivity index (χ4n) is 3.62. The Kier molecular flexibility index (Phi) is 13.7. The van der Waals surface area contributed by atoms with Crippen molar-refractivity contribution in [3.05, 3.63) is 0 Å². The van der Waals surface area contributed by atoms with Crippen LogP contribution in [0.2, 0.25) is 0 Å². The van der Waals surface area contributed by atoms with Crippen LogP contribution in [0, 0.1) is 23.7 Å². The molecule has 0 spiro atoms. The summed E-state index contributed by atoms with van der Waals surface area (Å²) in [4.78, 5) is 37.5. The molecule has 0 saturated carbocycles. The van der Waals surface area contributed by atoms with Crippen molar-refractivity contribution < 1.29 is 28.6 Å². The molecule has 0 bridgehead atoms. The quantitative estimate of drug-likeness (QED) is 0.275. The minimum absolute atomic E-state index is 0.191. The Morgan fingerprint density at radius 1 is 0.533 bits per heavy atom. The van der Waals surface area contributed by atoms with E-state index in [1.165, 1.54) is 0 Å². The Hall–Kier alpha value is -1.59. The van der Waals surface area contributed by atoms with Gasteiger partial charge in [0.1, 0.15) is 0 Å². The summed E-state index contributed by atoms with van der Waals surface area (Å²) in [6.45, 7) is 17.8. The smallest absolute Gasteiger partial charge is 0.310 e. The second-order valence-electron chi connectivity index (χ2n) is 9.84. The molecular weight excluding hydrogens is 384 g/mol. The molecule has 0 radical (unpaired) electrons. The molecule has 3 unspecified atom stereocenters. The second-order valence-corrected chi connectivity index (χ2v) is 9.84. The Morgan fingerprint density at radius 2 is 0.833 bits per heavy atom. The first kappa shape index (κ1) is 28.4. The van der Waals surface area contributed by atoms with Gasteiger partial charge in [-0.3, -0.25) is 14.4 Å². The molecule has 0 amide bonds. The number of carbonyl (C=O) groups excluding carboxylic acids is 3. The van der Waals surface area contributed by atoms with Crippen molar-refractivity contribution in [3.63, 3.8) is 0 Å². The summed E-state index contributed by atoms with van der Waals surface area (Å²) in [6.07, 6.45) is 1.03. The van der Waals surface area contributed by atoms with E-state index in [1.54, 1.807) is 0 Å². The van der Waals surface area contributed by atoms with Crippen LogP contribution in [0.5, 0.6) is 0 Å². The summed E-state index contributed by atoms with van der Waals surface area (Å²) in [5, 5.41) is 0. The SMILES string of the molecule is CC(C)CC(C)OC(=O)CC(CC(=O)OC(C)CC(C)C)C(=O)OC(C)CC(C)C. The largest absolute Gasteiger partial charge is 0.463 e. The standard InChI is InChI=1S/C24H44O6/c1-15(2)10-18(7)28-22(25)13-21(24(27)30-20(9)12-17(5)6)14-23(26)29-19(8)11-16(3)4/h15-21H,10-14H2,1-9H3. The molecule has 0 saturated heterocycles. The van der Waals surface area contributed by atoms with Crippen molar-refractivity contribution in [3.8, 4) is 0 Å². The summed E-state index contributed by atoms with van der Waals surface area (Å²) in [5.74, 6) is -1.29. The molecule has 0 heterocycles. The van der Waals surface area contributed by atoms with Gasteiger partial charge in [-0.25, -0.2) is 0 Å². The van der Waals surface area contributed by atoms with Gasteiger partial charge in [-0.2, -0.15) is 0 Å². The number of carbonyl (C=O) groups is 3. The highest BCUT2D eigenvalue weighted by Crippen LogP contribution is 2.19. The van der Waals surface area contributed by atoms with Crippen molar-refractivity contribution >= 4 is 17.9 Å². The molecule has 6 nitrogen and oxygen atoms in total. The van der Waals surface area contributed by atoms with Gasteiger partial charge in [0.15, 0.2) is 0 Å². The molecule has 6 heteroatoms. The predicted molar refractivity (Wildman–Crippen MR) is 118 cm³/mol. The molecular formula is C24H44O6. The van der Waals surface area contributed by atoms with E-state index < -0.39 is 23.8 Å². The van der Waals surface area contributed by atoms with Crippen LogP contribution >= 0.6 is 0 Å². The molecule has 176 valence electrons. The molecule has 30 heavy (non-hydrogen) atoms. The average Bonchev–Trinajstić information content (AvgIpc) is 2.50. The van der Waals surface area contributed by atoms with Gasteiger partial charge in [0.05, 0.1) is 37.1 Å². The molecule has 0 aliphatic rings. The second kappa shape index (κ2) is 14.4. The van der Waals surface area contributed by atoms with Crippen molar-refractivity contribution in [1.82, 2.24) is 0 Å². The Morgan fingerprint density at radius 3 is 1.13 bits per heavy atom. The minimum Gasteiger partial charge on any atom is -0.463 e. The first-order valence-corrected chi connectivity index (χ1v) is 11.4. The first-order chi connectivity index (χ1) is 13.8. The molecule has 0 aromatic rings. The van der Waals surface area contributed by atoms with Crippen LogP contribution < -0.4 is 0 Å². The third kappa shape index (κ3) is 14.4. The summed E-state index contributed by atoms with van der Waals surface area (Å²) >= 11 is 0. The highest BCUT2D eigenvalue weighted by atomic mass is 16.6. The maximum Gasteiger partial charge on any atom is 0.310 e. The zero-order valence-corrected chi connectivity index (χ0v) is 20.5. The van der Waals surface area contributed by atoms with Gasteiger partial charge < -0.3 is 14.2 Å². The highest BCUT2D eigenvalue weighted by molar-refractivity contribution is 5.84. The highest BCUT2D eigenvalue weighted by Gasteiger charge is 2.30. The molecule has 0 aliphatic carbocycles. The van der Waals surface area contributed by atoms with E-state index in [1.807, 2.05) is 34.6 Å². The van der Waals surface area contributed by atoms with Crippen LogP contribution in [0.4, 0.5) is 0 Å². The monoisotopic (exact) mass is 428 g/mol. The lowest BCUT2D eigenvalue weighted by Gasteiger charge is -2.22. The van der Waals surface area contributed by atoms with Gasteiger partial charge in [0.2, 0.25) is 0 Å². The van der Waals surface area contributed by atoms with Gasteiger partial charge in [-0.15, -0.1) is 0 Å². The minimum atomic E-state index is -0.905. The van der Waals surface area contributed by atoms with Crippen LogP contribution in [0.1, 0.15) is 94.4 Å². The van der Waals surface area contributed by atoms with E-state index in [4.69, 9.17) is 14.2 Å². The average molecular weight is 429 g/mol. The van der Waals surface area contributed by atoms with E-state index in [0.717, 1.165) is 12.8 Å². The molecule has 0 N–H and O–H groups in total. The Labute approximate surface area is 183 Å². The van der Waals surface area contributed by atoms with Crippen LogP contribution in [-0.4, -0.2) is 36.2 Å². The number of hydrogen-bond acceptors (Lipinski definition) is 6. The number of esters is 3. The Bertz CT molecular complexity index is 494. The van der Waals surface area contributed by atoms with Gasteiger partial charge in [-0.05, 0) is 57.8 Å². The first-order valence-electron chi connectivity index (χ1n) is 11.4. The summed E-state index contributed by atoms with van der Waals surface area (Å²) < 4.78 is 16.4. The lowest BCUT2D eigenvalue weighted by atomic mass is 10.0. The Balaban J connectivity index is 5.04. The topological polar surface area (TPSA) is 78.9 Å². The van der Waals surface area contributed by atoms with Gasteiger partial charge in [0.25, 0.3) is 0 Å². The van der Waals surface area contributed by atoms with Gasteiger partial charge >= 0.3 is 17.9 Å². The normalized spacial score (nSPS) is 15.6. The zero-order chi connectivity index (χ0) is 23.4. The lowest BCUT2D eigenvalue weighted by molar-refractivity contribution is -0.165.